The van der Waals surface area contributed by atoms with Crippen LogP contribution in [0.1, 0.15) is 28.1 Å². The fourth-order valence-corrected chi connectivity index (χ4v) is 2.87. The standard InChI is InChI=1S/C14H12Cl2OS/c15-10-6-7-13(16)12(9-10)14(17)5-1-3-11-4-2-8-18-11/h2,4,6-9H,1,3,5H2. The van der Waals surface area contributed by atoms with Crippen LogP contribution in [0, 0.1) is 0 Å². The lowest BCUT2D eigenvalue weighted by molar-refractivity contribution is 0.0980. The van der Waals surface area contributed by atoms with Crippen molar-refractivity contribution in [2.45, 2.75) is 19.3 Å². The van der Waals surface area contributed by atoms with E-state index in [2.05, 4.69) is 6.07 Å². The van der Waals surface area contributed by atoms with Crippen molar-refractivity contribution in [3.8, 4) is 0 Å². The second kappa shape index (κ2) is 6.37. The van der Waals surface area contributed by atoms with Crippen LogP contribution in [0.5, 0.6) is 0 Å². The third kappa shape index (κ3) is 3.58. The zero-order chi connectivity index (χ0) is 13.0. The third-order valence-electron chi connectivity index (χ3n) is 2.64. The zero-order valence-electron chi connectivity index (χ0n) is 9.66. The van der Waals surface area contributed by atoms with Gasteiger partial charge in [0.05, 0.1) is 5.02 Å². The molecule has 4 heteroatoms. The van der Waals surface area contributed by atoms with Crippen LogP contribution in [0.25, 0.3) is 0 Å². The minimum atomic E-state index is 0.0547. The number of aryl methyl sites for hydroxylation is 1. The van der Waals surface area contributed by atoms with Gasteiger partial charge in [0.2, 0.25) is 0 Å². The van der Waals surface area contributed by atoms with Gasteiger partial charge in [-0.1, -0.05) is 29.3 Å². The van der Waals surface area contributed by atoms with Gasteiger partial charge in [0, 0.05) is 21.9 Å². The maximum Gasteiger partial charge on any atom is 0.164 e. The van der Waals surface area contributed by atoms with E-state index in [1.54, 1.807) is 29.5 Å². The second-order valence-electron chi connectivity index (χ2n) is 3.98. The molecule has 0 amide bonds. The number of carbonyl (C=O) groups is 1. The Hall–Kier alpha value is -0.830. The monoisotopic (exact) mass is 298 g/mol. The van der Waals surface area contributed by atoms with Crippen LogP contribution in [-0.4, -0.2) is 5.78 Å². The van der Waals surface area contributed by atoms with E-state index in [0.29, 0.717) is 22.0 Å². The predicted octanol–water partition coefficient (Wildman–Crippen LogP) is 5.26. The van der Waals surface area contributed by atoms with E-state index in [4.69, 9.17) is 23.2 Å². The van der Waals surface area contributed by atoms with Crippen molar-refractivity contribution in [3.05, 3.63) is 56.2 Å². The van der Waals surface area contributed by atoms with Crippen LogP contribution in [0.2, 0.25) is 10.0 Å². The molecule has 94 valence electrons. The summed E-state index contributed by atoms with van der Waals surface area (Å²) in [4.78, 5) is 13.3. The van der Waals surface area contributed by atoms with Gasteiger partial charge < -0.3 is 0 Å². The van der Waals surface area contributed by atoms with Crippen molar-refractivity contribution in [3.63, 3.8) is 0 Å². The number of Topliss-reactive ketones (excluding diaryl/α,β-unsaturated/α-hetero) is 1. The third-order valence-corrected chi connectivity index (χ3v) is 4.14. The van der Waals surface area contributed by atoms with Crippen LogP contribution in [0.15, 0.2) is 35.7 Å². The quantitative estimate of drug-likeness (QED) is 0.688. The first-order valence-corrected chi connectivity index (χ1v) is 7.31. The molecule has 2 rings (SSSR count). The topological polar surface area (TPSA) is 17.1 Å². The van der Waals surface area contributed by atoms with Crippen molar-refractivity contribution >= 4 is 40.3 Å². The number of benzene rings is 1. The van der Waals surface area contributed by atoms with E-state index in [1.165, 1.54) is 4.88 Å². The van der Waals surface area contributed by atoms with Gasteiger partial charge in [-0.05, 0) is 42.5 Å². The Morgan fingerprint density at radius 3 is 2.78 bits per heavy atom. The molecule has 0 aliphatic rings. The fraction of sp³-hybridized carbons (Fsp3) is 0.214. The summed E-state index contributed by atoms with van der Waals surface area (Å²) < 4.78 is 0. The van der Waals surface area contributed by atoms with Gasteiger partial charge in [-0.15, -0.1) is 11.3 Å². The van der Waals surface area contributed by atoms with E-state index in [9.17, 15) is 4.79 Å². The second-order valence-corrected chi connectivity index (χ2v) is 5.86. The number of halogens is 2. The Morgan fingerprint density at radius 1 is 1.22 bits per heavy atom. The molecule has 0 atom stereocenters. The van der Waals surface area contributed by atoms with Crippen LogP contribution >= 0.6 is 34.5 Å². The van der Waals surface area contributed by atoms with E-state index >= 15 is 0 Å². The summed E-state index contributed by atoms with van der Waals surface area (Å²) in [5.74, 6) is 0.0547. The van der Waals surface area contributed by atoms with Crippen molar-refractivity contribution < 1.29 is 4.79 Å². The maximum absolute atomic E-state index is 12.0. The van der Waals surface area contributed by atoms with E-state index in [1.807, 2.05) is 11.4 Å². The highest BCUT2D eigenvalue weighted by Gasteiger charge is 2.10. The normalized spacial score (nSPS) is 10.6. The Kier molecular flexibility index (Phi) is 4.81. The average molecular weight is 299 g/mol. The molecule has 1 aromatic carbocycles. The fourth-order valence-electron chi connectivity index (χ4n) is 1.72. The molecule has 1 nitrogen and oxygen atoms in total. The number of rotatable bonds is 5. The lowest BCUT2D eigenvalue weighted by Gasteiger charge is -2.04. The van der Waals surface area contributed by atoms with Gasteiger partial charge in [0.1, 0.15) is 0 Å². The molecular formula is C14H12Cl2OS. The van der Waals surface area contributed by atoms with E-state index in [-0.39, 0.29) is 5.78 Å². The number of ketones is 1. The van der Waals surface area contributed by atoms with Crippen molar-refractivity contribution in [2.24, 2.45) is 0 Å². The summed E-state index contributed by atoms with van der Waals surface area (Å²) in [6, 6.07) is 9.09. The van der Waals surface area contributed by atoms with Gasteiger partial charge in [-0.25, -0.2) is 0 Å². The minimum Gasteiger partial charge on any atom is -0.294 e. The molecule has 1 heterocycles. The Balaban J connectivity index is 1.93. The summed E-state index contributed by atoms with van der Waals surface area (Å²) in [6.07, 6.45) is 2.27. The number of carbonyl (C=O) groups excluding carboxylic acids is 1. The molecule has 0 fully saturated rings. The highest BCUT2D eigenvalue weighted by Crippen LogP contribution is 2.23. The molecule has 0 bridgehead atoms. The molecular weight excluding hydrogens is 287 g/mol. The van der Waals surface area contributed by atoms with Crippen molar-refractivity contribution in [1.29, 1.82) is 0 Å². The van der Waals surface area contributed by atoms with Crippen LogP contribution < -0.4 is 0 Å². The summed E-state index contributed by atoms with van der Waals surface area (Å²) in [7, 11) is 0. The molecule has 0 radical (unpaired) electrons. The van der Waals surface area contributed by atoms with Crippen molar-refractivity contribution in [2.75, 3.05) is 0 Å². The zero-order valence-corrected chi connectivity index (χ0v) is 12.0. The molecule has 2 aromatic rings. The summed E-state index contributed by atoms with van der Waals surface area (Å²) in [6.45, 7) is 0. The lowest BCUT2D eigenvalue weighted by atomic mass is 10.1. The molecule has 0 spiro atoms. The van der Waals surface area contributed by atoms with Gasteiger partial charge in [0.15, 0.2) is 5.78 Å². The summed E-state index contributed by atoms with van der Waals surface area (Å²) >= 11 is 13.6. The van der Waals surface area contributed by atoms with Crippen LogP contribution in [-0.2, 0) is 6.42 Å². The van der Waals surface area contributed by atoms with E-state index in [0.717, 1.165) is 12.8 Å². The molecule has 0 unspecified atom stereocenters. The minimum absolute atomic E-state index is 0.0547. The van der Waals surface area contributed by atoms with E-state index < -0.39 is 0 Å². The number of hydrogen-bond acceptors (Lipinski definition) is 2. The Labute approximate surface area is 120 Å². The van der Waals surface area contributed by atoms with Crippen LogP contribution in [0.3, 0.4) is 0 Å². The molecule has 0 N–H and O–H groups in total. The number of thiophene rings is 1. The molecule has 0 saturated heterocycles. The van der Waals surface area contributed by atoms with Gasteiger partial charge in [-0.2, -0.15) is 0 Å². The SMILES string of the molecule is O=C(CCCc1cccs1)c1cc(Cl)ccc1Cl. The average Bonchev–Trinajstić information content (AvgIpc) is 2.85. The highest BCUT2D eigenvalue weighted by atomic mass is 35.5. The van der Waals surface area contributed by atoms with Gasteiger partial charge in [0.25, 0.3) is 0 Å². The molecule has 0 aliphatic heterocycles. The van der Waals surface area contributed by atoms with Gasteiger partial charge >= 0.3 is 0 Å². The van der Waals surface area contributed by atoms with Crippen molar-refractivity contribution in [1.82, 2.24) is 0 Å². The molecule has 1 aromatic heterocycles. The largest absolute Gasteiger partial charge is 0.294 e. The first kappa shape index (κ1) is 13.6. The first-order valence-electron chi connectivity index (χ1n) is 5.67. The highest BCUT2D eigenvalue weighted by molar-refractivity contribution is 7.09. The first-order chi connectivity index (χ1) is 8.66. The molecule has 0 aliphatic carbocycles. The summed E-state index contributed by atoms with van der Waals surface area (Å²) in [5.41, 5.74) is 0.523. The van der Waals surface area contributed by atoms with Gasteiger partial charge in [-0.3, -0.25) is 4.79 Å². The van der Waals surface area contributed by atoms with Crippen LogP contribution in [0.4, 0.5) is 0 Å². The summed E-state index contributed by atoms with van der Waals surface area (Å²) in [5, 5.41) is 3.06. The predicted molar refractivity (Wildman–Crippen MR) is 78.0 cm³/mol. The number of hydrogen-bond donors (Lipinski definition) is 0. The Bertz CT molecular complexity index is 535. The Morgan fingerprint density at radius 2 is 2.06 bits per heavy atom. The lowest BCUT2D eigenvalue weighted by Crippen LogP contribution is -2.00. The molecule has 18 heavy (non-hydrogen) atoms. The smallest absolute Gasteiger partial charge is 0.164 e. The molecule has 0 saturated carbocycles. The maximum atomic E-state index is 12.0.